The summed E-state index contributed by atoms with van der Waals surface area (Å²) in [5.74, 6) is -1.28. The van der Waals surface area contributed by atoms with Crippen LogP contribution in [0, 0.1) is 0 Å². The number of hydrogen-bond donors (Lipinski definition) is 3. The number of aliphatic hydroxyl groups excluding tert-OH is 1. The van der Waals surface area contributed by atoms with Crippen LogP contribution in [0.3, 0.4) is 0 Å². The molecule has 1 aliphatic rings. The summed E-state index contributed by atoms with van der Waals surface area (Å²) in [6.45, 7) is 1.53. The Labute approximate surface area is 140 Å². The molecule has 0 aromatic heterocycles. The predicted octanol–water partition coefficient (Wildman–Crippen LogP) is 2.55. The molecule has 130 valence electrons. The minimum atomic E-state index is -0.959. The second-order valence-electron chi connectivity index (χ2n) is 5.98. The molecule has 0 bridgehead atoms. The summed E-state index contributed by atoms with van der Waals surface area (Å²) in [4.78, 5) is 24.1. The summed E-state index contributed by atoms with van der Waals surface area (Å²) in [6.07, 6.45) is 3.76. The number of aromatic hydroxyl groups is 2. The Morgan fingerprint density at radius 2 is 1.92 bits per heavy atom. The van der Waals surface area contributed by atoms with E-state index >= 15 is 0 Å². The molecule has 2 atom stereocenters. The lowest BCUT2D eigenvalue weighted by molar-refractivity contribution is -0.120. The molecule has 1 heterocycles. The number of esters is 1. The van der Waals surface area contributed by atoms with Crippen LogP contribution in [0.5, 0.6) is 11.5 Å². The fraction of sp³-hybridized carbons (Fsp3) is 0.444. The number of phenolic OH excluding ortho intramolecular Hbond substituents is 2. The van der Waals surface area contributed by atoms with Crippen molar-refractivity contribution in [3.8, 4) is 11.5 Å². The molecule has 0 saturated carbocycles. The van der Waals surface area contributed by atoms with Crippen molar-refractivity contribution in [3.05, 3.63) is 29.3 Å². The van der Waals surface area contributed by atoms with Crippen molar-refractivity contribution in [1.29, 1.82) is 0 Å². The number of ether oxygens (including phenoxy) is 1. The predicted molar refractivity (Wildman–Crippen MR) is 87.8 cm³/mol. The van der Waals surface area contributed by atoms with E-state index < -0.39 is 18.2 Å². The van der Waals surface area contributed by atoms with E-state index in [1.807, 2.05) is 0 Å². The van der Waals surface area contributed by atoms with Crippen molar-refractivity contribution in [2.45, 2.75) is 51.2 Å². The van der Waals surface area contributed by atoms with Crippen LogP contribution in [0.15, 0.2) is 18.2 Å². The third-order valence-electron chi connectivity index (χ3n) is 4.01. The van der Waals surface area contributed by atoms with Crippen LogP contribution in [-0.2, 0) is 9.53 Å². The van der Waals surface area contributed by atoms with Crippen LogP contribution in [0.25, 0.3) is 6.08 Å². The van der Waals surface area contributed by atoms with Gasteiger partial charge in [-0.3, -0.25) is 4.79 Å². The molecule has 24 heavy (non-hydrogen) atoms. The molecule has 2 unspecified atom stereocenters. The molecule has 2 rings (SSSR count). The Balaban J connectivity index is 2.36. The summed E-state index contributed by atoms with van der Waals surface area (Å²) in [7, 11) is 0. The lowest BCUT2D eigenvalue weighted by Crippen LogP contribution is -2.29. The minimum absolute atomic E-state index is 0.0590. The van der Waals surface area contributed by atoms with Gasteiger partial charge in [0.15, 0.2) is 0 Å². The number of rotatable bonds is 0. The van der Waals surface area contributed by atoms with Gasteiger partial charge in [-0.2, -0.15) is 0 Å². The summed E-state index contributed by atoms with van der Waals surface area (Å²) in [6, 6.07) is 2.42. The highest BCUT2D eigenvalue weighted by Gasteiger charge is 2.24. The molecular weight excluding hydrogens is 312 g/mol. The molecular formula is C18H22O6. The number of phenols is 2. The normalized spacial score (nSPS) is 23.2. The van der Waals surface area contributed by atoms with E-state index in [0.717, 1.165) is 6.07 Å². The Hall–Kier alpha value is -2.34. The quantitative estimate of drug-likeness (QED) is 0.630. The average molecular weight is 334 g/mol. The zero-order valence-electron chi connectivity index (χ0n) is 13.6. The SMILES string of the molecule is CC1OC(=O)c2c(O)cc(O)cc2C=CCCCC(=O)CCC1O. The first-order chi connectivity index (χ1) is 11.4. The van der Waals surface area contributed by atoms with Crippen LogP contribution in [0.2, 0.25) is 0 Å². The van der Waals surface area contributed by atoms with E-state index in [0.29, 0.717) is 24.8 Å². The van der Waals surface area contributed by atoms with E-state index in [4.69, 9.17) is 4.74 Å². The molecule has 6 nitrogen and oxygen atoms in total. The summed E-state index contributed by atoms with van der Waals surface area (Å²) < 4.78 is 5.21. The van der Waals surface area contributed by atoms with E-state index in [1.54, 1.807) is 12.2 Å². The maximum Gasteiger partial charge on any atom is 0.342 e. The number of fused-ring (bicyclic) bond motifs is 1. The third kappa shape index (κ3) is 4.58. The lowest BCUT2D eigenvalue weighted by atomic mass is 10.0. The third-order valence-corrected chi connectivity index (χ3v) is 4.01. The molecule has 0 spiro atoms. The first kappa shape index (κ1) is 18.0. The first-order valence-electron chi connectivity index (χ1n) is 8.01. The molecule has 6 heteroatoms. The number of hydrogen-bond acceptors (Lipinski definition) is 6. The highest BCUT2D eigenvalue weighted by atomic mass is 16.6. The van der Waals surface area contributed by atoms with Gasteiger partial charge in [-0.25, -0.2) is 4.79 Å². The molecule has 0 amide bonds. The maximum atomic E-state index is 12.4. The van der Waals surface area contributed by atoms with E-state index in [-0.39, 0.29) is 35.7 Å². The smallest absolute Gasteiger partial charge is 0.342 e. The van der Waals surface area contributed by atoms with Crippen molar-refractivity contribution >= 4 is 17.8 Å². The van der Waals surface area contributed by atoms with Crippen LogP contribution in [0.4, 0.5) is 0 Å². The molecule has 0 aliphatic carbocycles. The monoisotopic (exact) mass is 334 g/mol. The number of carbonyl (C=O) groups excluding carboxylic acids is 2. The number of Topliss-reactive ketones (excluding diaryl/α,β-unsaturated/α-hetero) is 1. The molecule has 3 N–H and O–H groups in total. The summed E-state index contributed by atoms with van der Waals surface area (Å²) >= 11 is 0. The van der Waals surface area contributed by atoms with Gasteiger partial charge in [-0.1, -0.05) is 12.2 Å². The Kier molecular flexibility index (Phi) is 5.98. The topological polar surface area (TPSA) is 104 Å². The van der Waals surface area contributed by atoms with Crippen molar-refractivity contribution in [1.82, 2.24) is 0 Å². The molecule has 1 aromatic carbocycles. The molecule has 0 saturated heterocycles. The zero-order chi connectivity index (χ0) is 17.7. The number of benzene rings is 1. The fourth-order valence-corrected chi connectivity index (χ4v) is 2.59. The van der Waals surface area contributed by atoms with Crippen LogP contribution >= 0.6 is 0 Å². The highest BCUT2D eigenvalue weighted by molar-refractivity contribution is 5.97. The van der Waals surface area contributed by atoms with Gasteiger partial charge < -0.3 is 20.1 Å². The van der Waals surface area contributed by atoms with Crippen molar-refractivity contribution < 1.29 is 29.6 Å². The molecule has 1 aliphatic heterocycles. The van der Waals surface area contributed by atoms with E-state index in [1.165, 1.54) is 13.0 Å². The van der Waals surface area contributed by atoms with Crippen LogP contribution in [0.1, 0.15) is 54.9 Å². The standard InChI is InChI=1S/C18H22O6/c1-11-15(21)8-7-13(19)6-4-2-3-5-12-9-14(20)10-16(22)17(12)18(23)24-11/h3,5,9-11,15,20-22H,2,4,6-8H2,1H3. The van der Waals surface area contributed by atoms with Crippen molar-refractivity contribution in [3.63, 3.8) is 0 Å². The van der Waals surface area contributed by atoms with Gasteiger partial charge in [0.1, 0.15) is 28.9 Å². The van der Waals surface area contributed by atoms with Gasteiger partial charge in [-0.05, 0) is 37.8 Å². The highest BCUT2D eigenvalue weighted by Crippen LogP contribution is 2.30. The number of allylic oxidation sites excluding steroid dienone is 1. The van der Waals surface area contributed by atoms with Gasteiger partial charge in [-0.15, -0.1) is 0 Å². The Morgan fingerprint density at radius 1 is 1.17 bits per heavy atom. The van der Waals surface area contributed by atoms with Crippen LogP contribution < -0.4 is 0 Å². The lowest BCUT2D eigenvalue weighted by Gasteiger charge is -2.20. The maximum absolute atomic E-state index is 12.4. The summed E-state index contributed by atoms with van der Waals surface area (Å²) in [5.41, 5.74) is 0.263. The number of aliphatic hydroxyl groups is 1. The minimum Gasteiger partial charge on any atom is -0.508 e. The number of carbonyl (C=O) groups is 2. The fourth-order valence-electron chi connectivity index (χ4n) is 2.59. The van der Waals surface area contributed by atoms with Gasteiger partial charge in [0.25, 0.3) is 0 Å². The first-order valence-corrected chi connectivity index (χ1v) is 8.01. The number of ketones is 1. The Bertz CT molecular complexity index is 649. The van der Waals surface area contributed by atoms with Gasteiger partial charge in [0.05, 0.1) is 6.10 Å². The molecule has 0 radical (unpaired) electrons. The summed E-state index contributed by atoms with van der Waals surface area (Å²) in [5, 5.41) is 29.7. The van der Waals surface area contributed by atoms with Gasteiger partial charge >= 0.3 is 5.97 Å². The second-order valence-corrected chi connectivity index (χ2v) is 5.98. The second kappa shape index (κ2) is 7.97. The molecule has 0 fully saturated rings. The number of cyclic esters (lactones) is 1. The largest absolute Gasteiger partial charge is 0.508 e. The van der Waals surface area contributed by atoms with Crippen LogP contribution in [-0.4, -0.2) is 39.3 Å². The zero-order valence-corrected chi connectivity index (χ0v) is 13.6. The average Bonchev–Trinajstić information content (AvgIpc) is 2.50. The van der Waals surface area contributed by atoms with Gasteiger partial charge in [0, 0.05) is 18.9 Å². The van der Waals surface area contributed by atoms with Crippen molar-refractivity contribution in [2.24, 2.45) is 0 Å². The van der Waals surface area contributed by atoms with E-state index in [2.05, 4.69) is 0 Å². The van der Waals surface area contributed by atoms with Crippen molar-refractivity contribution in [2.75, 3.05) is 0 Å². The Morgan fingerprint density at radius 3 is 2.67 bits per heavy atom. The van der Waals surface area contributed by atoms with E-state index in [9.17, 15) is 24.9 Å². The molecule has 1 aromatic rings. The van der Waals surface area contributed by atoms with Gasteiger partial charge in [0.2, 0.25) is 0 Å².